The fraction of sp³-hybridized carbons (Fsp3) is 0.450. The topological polar surface area (TPSA) is 103 Å². The van der Waals surface area contributed by atoms with Crippen molar-refractivity contribution in [3.05, 3.63) is 24.7 Å². The average molecular weight is 423 g/mol. The Morgan fingerprint density at radius 1 is 1.17 bits per heavy atom. The summed E-state index contributed by atoms with van der Waals surface area (Å²) in [5.74, 6) is 2.38. The Labute approximate surface area is 178 Å². The van der Waals surface area contributed by atoms with Gasteiger partial charge >= 0.3 is 0 Å². The second-order valence-corrected chi connectivity index (χ2v) is 8.38. The van der Waals surface area contributed by atoms with Gasteiger partial charge in [-0.2, -0.15) is 5.26 Å². The fourth-order valence-corrected chi connectivity index (χ4v) is 4.87. The molecule has 2 aliphatic rings. The highest BCUT2D eigenvalue weighted by Gasteiger charge is 2.23. The van der Waals surface area contributed by atoms with Crippen molar-refractivity contribution in [2.75, 3.05) is 54.5 Å². The van der Waals surface area contributed by atoms with Gasteiger partial charge in [0.15, 0.2) is 10.9 Å². The van der Waals surface area contributed by atoms with Gasteiger partial charge in [0.1, 0.15) is 18.0 Å². The Morgan fingerprint density at radius 2 is 2.07 bits per heavy atom. The molecular weight excluding hydrogens is 400 g/mol. The molecule has 0 aliphatic carbocycles. The van der Waals surface area contributed by atoms with Crippen molar-refractivity contribution in [2.24, 2.45) is 5.92 Å². The SMILES string of the molecule is N#CC1CCCN(c2nc3ccnc(Nc4cc(N5CCOCC5)ncn4)c3s2)C1. The molecule has 5 rings (SSSR count). The van der Waals surface area contributed by atoms with Crippen LogP contribution in [0.5, 0.6) is 0 Å². The van der Waals surface area contributed by atoms with Gasteiger partial charge in [-0.15, -0.1) is 0 Å². The first-order valence-electron chi connectivity index (χ1n) is 10.1. The molecule has 2 aliphatic heterocycles. The van der Waals surface area contributed by atoms with Gasteiger partial charge in [0, 0.05) is 38.4 Å². The third-order valence-corrected chi connectivity index (χ3v) is 6.54. The van der Waals surface area contributed by atoms with Crippen LogP contribution in [0.2, 0.25) is 0 Å². The maximum atomic E-state index is 9.28. The van der Waals surface area contributed by atoms with Crippen LogP contribution in [0.3, 0.4) is 0 Å². The van der Waals surface area contributed by atoms with Crippen molar-refractivity contribution in [1.82, 2.24) is 19.9 Å². The average Bonchev–Trinajstić information content (AvgIpc) is 3.26. The summed E-state index contributed by atoms with van der Waals surface area (Å²) < 4.78 is 6.41. The number of piperidine rings is 1. The van der Waals surface area contributed by atoms with Crippen LogP contribution in [0.1, 0.15) is 12.8 Å². The lowest BCUT2D eigenvalue weighted by Crippen LogP contribution is -2.36. The Kier molecular flexibility index (Phi) is 5.29. The van der Waals surface area contributed by atoms with Crippen LogP contribution >= 0.6 is 11.3 Å². The van der Waals surface area contributed by atoms with E-state index in [9.17, 15) is 5.26 Å². The van der Waals surface area contributed by atoms with E-state index < -0.39 is 0 Å². The van der Waals surface area contributed by atoms with Crippen molar-refractivity contribution >= 4 is 44.1 Å². The van der Waals surface area contributed by atoms with E-state index in [1.807, 2.05) is 12.1 Å². The summed E-state index contributed by atoms with van der Waals surface area (Å²) in [7, 11) is 0. The summed E-state index contributed by atoms with van der Waals surface area (Å²) in [4.78, 5) is 22.5. The number of rotatable bonds is 4. The van der Waals surface area contributed by atoms with Gasteiger partial charge in [-0.05, 0) is 18.9 Å². The maximum absolute atomic E-state index is 9.28. The summed E-state index contributed by atoms with van der Waals surface area (Å²) in [6, 6.07) is 6.26. The zero-order valence-electron chi connectivity index (χ0n) is 16.5. The molecule has 0 saturated carbocycles. The number of anilines is 4. The van der Waals surface area contributed by atoms with Gasteiger partial charge in [0.25, 0.3) is 0 Å². The standard InChI is InChI=1S/C20H22N8OS/c21-11-14-2-1-5-28(12-14)20-25-15-3-4-22-19(18(15)30-20)26-16-10-17(24-13-23-16)27-6-8-29-9-7-27/h3-4,10,13-14H,1-2,5-9,12H2,(H,22,23,24,26). The number of nitrogens with zero attached hydrogens (tertiary/aromatic N) is 7. The van der Waals surface area contributed by atoms with E-state index in [1.165, 1.54) is 0 Å². The number of hydrogen-bond donors (Lipinski definition) is 1. The van der Waals surface area contributed by atoms with Crippen LogP contribution in [0.4, 0.5) is 22.6 Å². The van der Waals surface area contributed by atoms with E-state index in [4.69, 9.17) is 9.72 Å². The van der Waals surface area contributed by atoms with Crippen LogP contribution in [0.15, 0.2) is 24.7 Å². The number of pyridine rings is 1. The second-order valence-electron chi connectivity index (χ2n) is 7.40. The van der Waals surface area contributed by atoms with E-state index in [2.05, 4.69) is 36.1 Å². The molecule has 0 bridgehead atoms. The number of morpholine rings is 1. The fourth-order valence-electron chi connectivity index (χ4n) is 3.83. The van der Waals surface area contributed by atoms with Gasteiger partial charge in [-0.25, -0.2) is 19.9 Å². The number of fused-ring (bicyclic) bond motifs is 1. The number of ether oxygens (including phenoxy) is 1. The molecule has 10 heteroatoms. The van der Waals surface area contributed by atoms with Crippen molar-refractivity contribution in [3.8, 4) is 6.07 Å². The maximum Gasteiger partial charge on any atom is 0.186 e. The van der Waals surface area contributed by atoms with Crippen LogP contribution < -0.4 is 15.1 Å². The third kappa shape index (κ3) is 3.86. The van der Waals surface area contributed by atoms with Gasteiger partial charge in [0.05, 0.1) is 35.4 Å². The van der Waals surface area contributed by atoms with Crippen molar-refractivity contribution in [2.45, 2.75) is 12.8 Å². The Hall–Kier alpha value is -3.03. The molecule has 2 fully saturated rings. The number of hydrogen-bond acceptors (Lipinski definition) is 10. The third-order valence-electron chi connectivity index (χ3n) is 5.40. The van der Waals surface area contributed by atoms with Crippen molar-refractivity contribution in [3.63, 3.8) is 0 Å². The smallest absolute Gasteiger partial charge is 0.186 e. The molecule has 1 atom stereocenters. The van der Waals surface area contributed by atoms with Gasteiger partial charge < -0.3 is 19.9 Å². The largest absolute Gasteiger partial charge is 0.378 e. The molecule has 2 saturated heterocycles. The van der Waals surface area contributed by atoms with E-state index in [0.29, 0.717) is 19.0 Å². The molecule has 30 heavy (non-hydrogen) atoms. The molecule has 0 radical (unpaired) electrons. The lowest BCUT2D eigenvalue weighted by atomic mass is 10.0. The monoisotopic (exact) mass is 422 g/mol. The van der Waals surface area contributed by atoms with Crippen LogP contribution in [-0.4, -0.2) is 59.3 Å². The van der Waals surface area contributed by atoms with Crippen molar-refractivity contribution in [1.29, 1.82) is 5.26 Å². The minimum atomic E-state index is 0.0705. The molecule has 3 aromatic heterocycles. The Bertz CT molecular complexity index is 1070. The number of aromatic nitrogens is 4. The highest BCUT2D eigenvalue weighted by Crippen LogP contribution is 2.35. The molecule has 0 aromatic carbocycles. The van der Waals surface area contributed by atoms with E-state index in [0.717, 1.165) is 66.0 Å². The first kappa shape index (κ1) is 19.0. The number of nitriles is 1. The lowest BCUT2D eigenvalue weighted by Gasteiger charge is -2.28. The summed E-state index contributed by atoms with van der Waals surface area (Å²) >= 11 is 1.60. The predicted molar refractivity (Wildman–Crippen MR) is 116 cm³/mol. The highest BCUT2D eigenvalue weighted by molar-refractivity contribution is 7.22. The van der Waals surface area contributed by atoms with E-state index >= 15 is 0 Å². The number of thiazole rings is 1. The highest BCUT2D eigenvalue weighted by atomic mass is 32.1. The van der Waals surface area contributed by atoms with Crippen LogP contribution in [0, 0.1) is 17.2 Å². The molecular formula is C20H22N8OS. The molecule has 9 nitrogen and oxygen atoms in total. The second kappa shape index (κ2) is 8.38. The normalized spacial score (nSPS) is 19.6. The zero-order chi connectivity index (χ0) is 20.3. The predicted octanol–water partition coefficient (Wildman–Crippen LogP) is 2.80. The lowest BCUT2D eigenvalue weighted by molar-refractivity contribution is 0.122. The van der Waals surface area contributed by atoms with E-state index in [-0.39, 0.29) is 5.92 Å². The summed E-state index contributed by atoms with van der Waals surface area (Å²) in [5, 5.41) is 13.6. The minimum absolute atomic E-state index is 0.0705. The molecule has 3 aromatic rings. The molecule has 1 N–H and O–H groups in total. The van der Waals surface area contributed by atoms with Crippen LogP contribution in [0.25, 0.3) is 10.2 Å². The zero-order valence-corrected chi connectivity index (χ0v) is 17.3. The molecule has 0 spiro atoms. The van der Waals surface area contributed by atoms with Gasteiger partial charge in [-0.1, -0.05) is 11.3 Å². The van der Waals surface area contributed by atoms with Gasteiger partial charge in [-0.3, -0.25) is 0 Å². The molecule has 5 heterocycles. The molecule has 1 unspecified atom stereocenters. The summed E-state index contributed by atoms with van der Waals surface area (Å²) in [6.07, 6.45) is 5.31. The summed E-state index contributed by atoms with van der Waals surface area (Å²) in [6.45, 7) is 4.73. The molecule has 154 valence electrons. The first-order valence-corrected chi connectivity index (χ1v) is 10.9. The quantitative estimate of drug-likeness (QED) is 0.680. The minimum Gasteiger partial charge on any atom is -0.378 e. The van der Waals surface area contributed by atoms with Crippen molar-refractivity contribution < 1.29 is 4.74 Å². The number of nitrogens with one attached hydrogen (secondary N) is 1. The molecule has 0 amide bonds. The Balaban J connectivity index is 1.40. The van der Waals surface area contributed by atoms with Gasteiger partial charge in [0.2, 0.25) is 0 Å². The Morgan fingerprint density at radius 3 is 2.93 bits per heavy atom. The first-order chi connectivity index (χ1) is 14.8. The van der Waals surface area contributed by atoms with E-state index in [1.54, 1.807) is 23.9 Å². The summed E-state index contributed by atoms with van der Waals surface area (Å²) in [5.41, 5.74) is 0.897. The van der Waals surface area contributed by atoms with Crippen LogP contribution in [-0.2, 0) is 4.74 Å².